The zero-order chi connectivity index (χ0) is 18.6. The summed E-state index contributed by atoms with van der Waals surface area (Å²) in [6.45, 7) is 0.394. The van der Waals surface area contributed by atoms with Gasteiger partial charge in [-0.2, -0.15) is 13.2 Å². The van der Waals surface area contributed by atoms with Gasteiger partial charge in [0.1, 0.15) is 0 Å². The van der Waals surface area contributed by atoms with Crippen LogP contribution in [0.25, 0.3) is 10.8 Å². The molecule has 0 atom stereocenters. The minimum Gasteiger partial charge on any atom is -0.351 e. The van der Waals surface area contributed by atoms with Crippen molar-refractivity contribution < 1.29 is 18.0 Å². The lowest BCUT2D eigenvalue weighted by molar-refractivity contribution is -0.137. The highest BCUT2D eigenvalue weighted by Crippen LogP contribution is 2.29. The number of pyridine rings is 1. The van der Waals surface area contributed by atoms with Crippen molar-refractivity contribution in [2.75, 3.05) is 5.75 Å². The molecular formula is C19H15F3N2OS. The number of hydrogen-bond acceptors (Lipinski definition) is 3. The topological polar surface area (TPSA) is 42.0 Å². The van der Waals surface area contributed by atoms with Gasteiger partial charge in [0, 0.05) is 12.7 Å². The summed E-state index contributed by atoms with van der Waals surface area (Å²) in [6, 6.07) is 16.1. The number of nitrogens with one attached hydrogen (secondary N) is 1. The lowest BCUT2D eigenvalue weighted by Crippen LogP contribution is -2.24. The fourth-order valence-electron chi connectivity index (χ4n) is 2.37. The molecule has 1 N–H and O–H groups in total. The van der Waals surface area contributed by atoms with Gasteiger partial charge in [-0.05, 0) is 34.5 Å². The molecule has 0 fully saturated rings. The largest absolute Gasteiger partial charge is 0.417 e. The molecule has 0 bridgehead atoms. The van der Waals surface area contributed by atoms with E-state index in [2.05, 4.69) is 10.3 Å². The third-order valence-corrected chi connectivity index (χ3v) is 4.66. The number of hydrogen-bond donors (Lipinski definition) is 1. The van der Waals surface area contributed by atoms with Crippen molar-refractivity contribution in [1.82, 2.24) is 10.3 Å². The van der Waals surface area contributed by atoms with Crippen LogP contribution in [0.4, 0.5) is 13.2 Å². The number of carbonyl (C=O) groups is 1. The molecule has 0 aliphatic heterocycles. The molecule has 0 saturated heterocycles. The second-order valence-electron chi connectivity index (χ2n) is 5.63. The predicted octanol–water partition coefficient (Wildman–Crippen LogP) is 4.66. The summed E-state index contributed by atoms with van der Waals surface area (Å²) in [4.78, 5) is 15.7. The minimum atomic E-state index is -4.41. The fourth-order valence-corrected chi connectivity index (χ4v) is 3.05. The van der Waals surface area contributed by atoms with Gasteiger partial charge in [0.15, 0.2) is 0 Å². The molecule has 1 amide bonds. The number of amides is 1. The van der Waals surface area contributed by atoms with Gasteiger partial charge in [0.25, 0.3) is 0 Å². The van der Waals surface area contributed by atoms with Gasteiger partial charge in [-0.3, -0.25) is 4.79 Å². The van der Waals surface area contributed by atoms with Gasteiger partial charge < -0.3 is 5.32 Å². The number of carbonyl (C=O) groups excluding carboxylic acids is 1. The lowest BCUT2D eigenvalue weighted by atomic mass is 10.1. The van der Waals surface area contributed by atoms with Crippen LogP contribution >= 0.6 is 11.8 Å². The Morgan fingerprint density at radius 3 is 2.50 bits per heavy atom. The first-order chi connectivity index (χ1) is 12.4. The van der Waals surface area contributed by atoms with Crippen molar-refractivity contribution >= 4 is 28.4 Å². The molecule has 0 aliphatic rings. The summed E-state index contributed by atoms with van der Waals surface area (Å²) in [5.74, 6) is -0.115. The number of alkyl halides is 3. The molecule has 7 heteroatoms. The van der Waals surface area contributed by atoms with Crippen LogP contribution in [0.3, 0.4) is 0 Å². The molecule has 134 valence electrons. The second kappa shape index (κ2) is 7.78. The van der Waals surface area contributed by atoms with E-state index >= 15 is 0 Å². The molecule has 3 rings (SSSR count). The first-order valence-electron chi connectivity index (χ1n) is 7.82. The van der Waals surface area contributed by atoms with Crippen molar-refractivity contribution in [3.8, 4) is 0 Å². The molecule has 26 heavy (non-hydrogen) atoms. The van der Waals surface area contributed by atoms with Crippen molar-refractivity contribution in [2.24, 2.45) is 0 Å². The molecule has 1 aromatic heterocycles. The maximum Gasteiger partial charge on any atom is 0.417 e. The molecular weight excluding hydrogens is 361 g/mol. The minimum absolute atomic E-state index is 0.0892. The smallest absolute Gasteiger partial charge is 0.351 e. The summed E-state index contributed by atoms with van der Waals surface area (Å²) >= 11 is 1.10. The van der Waals surface area contributed by atoms with Crippen LogP contribution in [0.5, 0.6) is 0 Å². The molecule has 0 aliphatic carbocycles. The van der Waals surface area contributed by atoms with E-state index in [1.165, 1.54) is 6.07 Å². The van der Waals surface area contributed by atoms with Gasteiger partial charge in [-0.1, -0.05) is 48.2 Å². The van der Waals surface area contributed by atoms with Gasteiger partial charge in [0.05, 0.1) is 16.3 Å². The Bertz CT molecular complexity index is 911. The van der Waals surface area contributed by atoms with Crippen LogP contribution < -0.4 is 5.32 Å². The van der Waals surface area contributed by atoms with E-state index in [4.69, 9.17) is 0 Å². The average Bonchev–Trinajstić information content (AvgIpc) is 2.64. The Hall–Kier alpha value is -2.54. The highest BCUT2D eigenvalue weighted by Gasteiger charge is 2.30. The van der Waals surface area contributed by atoms with E-state index in [0.717, 1.165) is 40.4 Å². The number of rotatable bonds is 5. The zero-order valence-corrected chi connectivity index (χ0v) is 14.4. The van der Waals surface area contributed by atoms with Crippen molar-refractivity contribution in [2.45, 2.75) is 17.7 Å². The molecule has 3 aromatic rings. The van der Waals surface area contributed by atoms with Gasteiger partial charge >= 0.3 is 6.18 Å². The third kappa shape index (κ3) is 4.76. The Kier molecular flexibility index (Phi) is 5.46. The van der Waals surface area contributed by atoms with E-state index in [9.17, 15) is 18.0 Å². The summed E-state index contributed by atoms with van der Waals surface area (Å²) in [7, 11) is 0. The maximum atomic E-state index is 12.5. The van der Waals surface area contributed by atoms with Gasteiger partial charge in [0.2, 0.25) is 5.91 Å². The standard InChI is InChI=1S/C19H15F3N2OS/c20-19(21,22)16-7-8-18(24-11-16)26-12-17(25)23-10-13-5-6-14-3-1-2-4-15(14)9-13/h1-9,11H,10,12H2,(H,23,25). The molecule has 0 saturated carbocycles. The summed E-state index contributed by atoms with van der Waals surface area (Å²) in [5.41, 5.74) is 0.178. The predicted molar refractivity (Wildman–Crippen MR) is 95.8 cm³/mol. The monoisotopic (exact) mass is 376 g/mol. The van der Waals surface area contributed by atoms with Crippen molar-refractivity contribution in [1.29, 1.82) is 0 Å². The second-order valence-corrected chi connectivity index (χ2v) is 6.63. The van der Waals surface area contributed by atoms with E-state index in [1.807, 2.05) is 42.5 Å². The molecule has 0 radical (unpaired) electrons. The summed E-state index contributed by atoms with van der Waals surface area (Å²) in [6.07, 6.45) is -3.64. The Morgan fingerprint density at radius 2 is 1.81 bits per heavy atom. The Balaban J connectivity index is 1.50. The van der Waals surface area contributed by atoms with Crippen LogP contribution in [0.15, 0.2) is 65.8 Å². The third-order valence-electron chi connectivity index (χ3n) is 3.72. The SMILES string of the molecule is O=C(CSc1ccc(C(F)(F)F)cn1)NCc1ccc2ccccc2c1. The normalized spacial score (nSPS) is 11.5. The number of fused-ring (bicyclic) bond motifs is 1. The first kappa shape index (κ1) is 18.3. The van der Waals surface area contributed by atoms with E-state index in [-0.39, 0.29) is 11.7 Å². The average molecular weight is 376 g/mol. The summed E-state index contributed by atoms with van der Waals surface area (Å²) < 4.78 is 37.4. The molecule has 2 aromatic carbocycles. The quantitative estimate of drug-likeness (QED) is 0.659. The fraction of sp³-hybridized carbons (Fsp3) is 0.158. The van der Waals surface area contributed by atoms with Crippen molar-refractivity contribution in [3.05, 3.63) is 71.9 Å². The number of thioether (sulfide) groups is 1. The molecule has 3 nitrogen and oxygen atoms in total. The highest BCUT2D eigenvalue weighted by molar-refractivity contribution is 7.99. The molecule has 0 unspecified atom stereocenters. The van der Waals surface area contributed by atoms with Crippen LogP contribution in [-0.2, 0) is 17.5 Å². The zero-order valence-electron chi connectivity index (χ0n) is 13.6. The van der Waals surface area contributed by atoms with Crippen LogP contribution in [0.1, 0.15) is 11.1 Å². The Morgan fingerprint density at radius 1 is 1.04 bits per heavy atom. The highest BCUT2D eigenvalue weighted by atomic mass is 32.2. The van der Waals surface area contributed by atoms with Crippen molar-refractivity contribution in [3.63, 3.8) is 0 Å². The van der Waals surface area contributed by atoms with E-state index < -0.39 is 11.7 Å². The number of nitrogens with zero attached hydrogens (tertiary/aromatic N) is 1. The van der Waals surface area contributed by atoms with Crippen LogP contribution in [0.2, 0.25) is 0 Å². The first-order valence-corrected chi connectivity index (χ1v) is 8.81. The van der Waals surface area contributed by atoms with Gasteiger partial charge in [-0.25, -0.2) is 4.98 Å². The maximum absolute atomic E-state index is 12.5. The lowest BCUT2D eigenvalue weighted by Gasteiger charge is -2.08. The molecule has 0 spiro atoms. The van der Waals surface area contributed by atoms with E-state index in [0.29, 0.717) is 11.6 Å². The van der Waals surface area contributed by atoms with Crippen LogP contribution in [-0.4, -0.2) is 16.6 Å². The number of aromatic nitrogens is 1. The number of benzene rings is 2. The number of halogens is 3. The Labute approximate surface area is 152 Å². The molecule has 1 heterocycles. The van der Waals surface area contributed by atoms with Crippen LogP contribution in [0, 0.1) is 0 Å². The summed E-state index contributed by atoms with van der Waals surface area (Å²) in [5, 5.41) is 5.41. The van der Waals surface area contributed by atoms with E-state index in [1.54, 1.807) is 0 Å². The van der Waals surface area contributed by atoms with Gasteiger partial charge in [-0.15, -0.1) is 0 Å².